The van der Waals surface area contributed by atoms with Gasteiger partial charge in [-0.05, 0) is 40.6 Å². The molecule has 0 bridgehead atoms. The monoisotopic (exact) mass is 265 g/mol. The Morgan fingerprint density at radius 1 is 0.895 bits per heavy atom. The normalized spacial score (nSPS) is 12.0. The highest BCUT2D eigenvalue weighted by molar-refractivity contribution is 7.08. The molecule has 2 aromatic carbocycles. The number of fused-ring (bicyclic) bond motifs is 2. The van der Waals surface area contributed by atoms with Gasteiger partial charge in [-0.25, -0.2) is 0 Å². The highest BCUT2D eigenvalue weighted by Gasteiger charge is 2.19. The molecule has 0 atom stereocenters. The Balaban J connectivity index is 1.88. The molecule has 0 fully saturated rings. The lowest BCUT2D eigenvalue weighted by atomic mass is 10.0. The zero-order valence-corrected chi connectivity index (χ0v) is 10.9. The number of rotatable bonds is 1. The van der Waals surface area contributed by atoms with Crippen molar-refractivity contribution in [1.82, 2.24) is 0 Å². The van der Waals surface area contributed by atoms with Crippen LogP contribution in [0.2, 0.25) is 0 Å². The highest BCUT2D eigenvalue weighted by Crippen LogP contribution is 2.46. The van der Waals surface area contributed by atoms with Crippen LogP contribution in [-0.4, -0.2) is 0 Å². The first-order valence-electron chi connectivity index (χ1n) is 6.11. The van der Waals surface area contributed by atoms with Crippen molar-refractivity contribution in [2.75, 3.05) is 5.32 Å². The van der Waals surface area contributed by atoms with Crippen LogP contribution in [0.4, 0.5) is 11.4 Å². The van der Waals surface area contributed by atoms with Crippen LogP contribution in [0.5, 0.6) is 11.5 Å². The molecular formula is C16H11NOS. The maximum atomic E-state index is 5.96. The first-order chi connectivity index (χ1) is 9.42. The minimum Gasteiger partial charge on any atom is -0.453 e. The summed E-state index contributed by atoms with van der Waals surface area (Å²) < 4.78 is 5.96. The average molecular weight is 265 g/mol. The number of anilines is 2. The summed E-state index contributed by atoms with van der Waals surface area (Å²) in [4.78, 5) is 0. The fourth-order valence-corrected chi connectivity index (χ4v) is 2.97. The van der Waals surface area contributed by atoms with E-state index in [4.69, 9.17) is 4.74 Å². The van der Waals surface area contributed by atoms with Gasteiger partial charge in [0.05, 0.1) is 11.4 Å². The molecule has 4 rings (SSSR count). The van der Waals surface area contributed by atoms with E-state index in [9.17, 15) is 0 Å². The average Bonchev–Trinajstić information content (AvgIpc) is 2.98. The molecular weight excluding hydrogens is 254 g/mol. The number of hydrogen-bond donors (Lipinski definition) is 1. The SMILES string of the molecule is c1ccc2c(c1)Nc1c(cccc1-c1ccsc1)O2. The molecule has 0 radical (unpaired) electrons. The van der Waals surface area contributed by atoms with Crippen molar-refractivity contribution in [2.45, 2.75) is 0 Å². The third kappa shape index (κ3) is 1.71. The predicted octanol–water partition coefficient (Wildman–Crippen LogP) is 5.26. The van der Waals surface area contributed by atoms with E-state index in [1.807, 2.05) is 36.4 Å². The Kier molecular flexibility index (Phi) is 2.32. The van der Waals surface area contributed by atoms with E-state index in [2.05, 4.69) is 28.2 Å². The number of para-hydroxylation sites is 3. The molecule has 2 heterocycles. The van der Waals surface area contributed by atoms with E-state index in [1.165, 1.54) is 11.1 Å². The van der Waals surface area contributed by atoms with Crippen molar-refractivity contribution in [3.63, 3.8) is 0 Å². The fourth-order valence-electron chi connectivity index (χ4n) is 2.32. The summed E-state index contributed by atoms with van der Waals surface area (Å²) in [5, 5.41) is 7.72. The van der Waals surface area contributed by atoms with Crippen LogP contribution < -0.4 is 10.1 Å². The molecule has 0 aliphatic carbocycles. The van der Waals surface area contributed by atoms with Gasteiger partial charge in [-0.15, -0.1) is 0 Å². The maximum absolute atomic E-state index is 5.96. The maximum Gasteiger partial charge on any atom is 0.151 e. The number of benzene rings is 2. The second-order valence-corrected chi connectivity index (χ2v) is 5.19. The topological polar surface area (TPSA) is 21.3 Å². The van der Waals surface area contributed by atoms with Crippen molar-refractivity contribution in [2.24, 2.45) is 0 Å². The molecule has 1 aromatic heterocycles. The van der Waals surface area contributed by atoms with E-state index < -0.39 is 0 Å². The van der Waals surface area contributed by atoms with Crippen molar-refractivity contribution in [1.29, 1.82) is 0 Å². The van der Waals surface area contributed by atoms with Crippen LogP contribution >= 0.6 is 11.3 Å². The highest BCUT2D eigenvalue weighted by atomic mass is 32.1. The first kappa shape index (κ1) is 10.6. The molecule has 0 spiro atoms. The molecule has 1 aliphatic rings. The molecule has 0 saturated carbocycles. The predicted molar refractivity (Wildman–Crippen MR) is 79.6 cm³/mol. The Morgan fingerprint density at radius 3 is 2.68 bits per heavy atom. The molecule has 0 amide bonds. The van der Waals surface area contributed by atoms with Gasteiger partial charge in [0.25, 0.3) is 0 Å². The van der Waals surface area contributed by atoms with Gasteiger partial charge >= 0.3 is 0 Å². The Labute approximate surface area is 115 Å². The Morgan fingerprint density at radius 2 is 1.79 bits per heavy atom. The summed E-state index contributed by atoms with van der Waals surface area (Å²) in [5.74, 6) is 1.75. The van der Waals surface area contributed by atoms with E-state index in [-0.39, 0.29) is 0 Å². The van der Waals surface area contributed by atoms with Crippen molar-refractivity contribution >= 4 is 22.7 Å². The quantitative estimate of drug-likeness (QED) is 0.506. The second-order valence-electron chi connectivity index (χ2n) is 4.41. The standard InChI is InChI=1S/C16H11NOS/c1-2-6-14-13(5-1)17-16-12(11-8-9-19-10-11)4-3-7-15(16)18-14/h1-10,17H. The lowest BCUT2D eigenvalue weighted by molar-refractivity contribution is 0.481. The Hall–Kier alpha value is -2.26. The van der Waals surface area contributed by atoms with Crippen molar-refractivity contribution in [3.8, 4) is 22.6 Å². The number of ether oxygens (including phenoxy) is 1. The van der Waals surface area contributed by atoms with Crippen LogP contribution in [0.3, 0.4) is 0 Å². The fraction of sp³-hybridized carbons (Fsp3) is 0. The van der Waals surface area contributed by atoms with Crippen molar-refractivity contribution in [3.05, 3.63) is 59.3 Å². The summed E-state index contributed by atoms with van der Waals surface area (Å²) >= 11 is 1.70. The van der Waals surface area contributed by atoms with Crippen molar-refractivity contribution < 1.29 is 4.74 Å². The van der Waals surface area contributed by atoms with Crippen LogP contribution in [0, 0.1) is 0 Å². The third-order valence-corrected chi connectivity index (χ3v) is 3.91. The second kappa shape index (κ2) is 4.14. The largest absolute Gasteiger partial charge is 0.453 e. The van der Waals surface area contributed by atoms with Gasteiger partial charge in [-0.1, -0.05) is 24.3 Å². The Bertz CT molecular complexity index is 734. The zero-order chi connectivity index (χ0) is 12.7. The van der Waals surface area contributed by atoms with E-state index in [1.54, 1.807) is 11.3 Å². The van der Waals surface area contributed by atoms with E-state index in [0.29, 0.717) is 0 Å². The minimum absolute atomic E-state index is 0.873. The lowest BCUT2D eigenvalue weighted by Crippen LogP contribution is -2.03. The summed E-state index contributed by atoms with van der Waals surface area (Å²) in [6.45, 7) is 0. The summed E-state index contributed by atoms with van der Waals surface area (Å²) in [5.41, 5.74) is 4.45. The van der Waals surface area contributed by atoms with Gasteiger partial charge in [-0.3, -0.25) is 0 Å². The van der Waals surface area contributed by atoms with Crippen LogP contribution in [-0.2, 0) is 0 Å². The third-order valence-electron chi connectivity index (χ3n) is 3.23. The molecule has 3 heteroatoms. The zero-order valence-electron chi connectivity index (χ0n) is 10.1. The molecule has 92 valence electrons. The molecule has 2 nitrogen and oxygen atoms in total. The number of hydrogen-bond acceptors (Lipinski definition) is 3. The molecule has 1 aliphatic heterocycles. The number of nitrogens with one attached hydrogen (secondary N) is 1. The summed E-state index contributed by atoms with van der Waals surface area (Å²) in [7, 11) is 0. The summed E-state index contributed by atoms with van der Waals surface area (Å²) in [6, 6.07) is 16.3. The smallest absolute Gasteiger partial charge is 0.151 e. The lowest BCUT2D eigenvalue weighted by Gasteiger charge is -2.23. The molecule has 0 saturated heterocycles. The van der Waals surface area contributed by atoms with Gasteiger partial charge in [0.2, 0.25) is 0 Å². The molecule has 1 N–H and O–H groups in total. The van der Waals surface area contributed by atoms with Gasteiger partial charge in [-0.2, -0.15) is 11.3 Å². The van der Waals surface area contributed by atoms with Crippen LogP contribution in [0.25, 0.3) is 11.1 Å². The van der Waals surface area contributed by atoms with E-state index in [0.717, 1.165) is 22.9 Å². The number of thiophene rings is 1. The minimum atomic E-state index is 0.873. The summed E-state index contributed by atoms with van der Waals surface area (Å²) in [6.07, 6.45) is 0. The van der Waals surface area contributed by atoms with Gasteiger partial charge in [0, 0.05) is 5.56 Å². The van der Waals surface area contributed by atoms with Crippen LogP contribution in [0.1, 0.15) is 0 Å². The first-order valence-corrected chi connectivity index (χ1v) is 7.05. The molecule has 0 unspecified atom stereocenters. The van der Waals surface area contributed by atoms with Gasteiger partial charge < -0.3 is 10.1 Å². The molecule has 3 aromatic rings. The van der Waals surface area contributed by atoms with Gasteiger partial charge in [0.15, 0.2) is 11.5 Å². The van der Waals surface area contributed by atoms with Gasteiger partial charge in [0.1, 0.15) is 0 Å². The molecule has 19 heavy (non-hydrogen) atoms. The van der Waals surface area contributed by atoms with Crippen LogP contribution in [0.15, 0.2) is 59.3 Å². The van der Waals surface area contributed by atoms with E-state index >= 15 is 0 Å².